The fourth-order valence-corrected chi connectivity index (χ4v) is 2.71. The number of rotatable bonds is 2. The van der Waals surface area contributed by atoms with Crippen LogP contribution in [0.4, 0.5) is 5.69 Å². The molecule has 0 saturated heterocycles. The van der Waals surface area contributed by atoms with Crippen molar-refractivity contribution in [1.82, 2.24) is 15.2 Å². The van der Waals surface area contributed by atoms with E-state index in [0.29, 0.717) is 5.69 Å². The second-order valence-electron chi connectivity index (χ2n) is 4.31. The first-order valence-corrected chi connectivity index (χ1v) is 6.64. The fraction of sp³-hybridized carbons (Fsp3) is 0.154. The summed E-state index contributed by atoms with van der Waals surface area (Å²) in [7, 11) is 0. The molecule has 3 rings (SSSR count). The number of carbonyl (C=O) groups is 1. The molecular formula is C13H12N4OS. The van der Waals surface area contributed by atoms with Crippen molar-refractivity contribution in [3.63, 3.8) is 0 Å². The molecule has 0 fully saturated rings. The predicted molar refractivity (Wildman–Crippen MR) is 75.6 cm³/mol. The van der Waals surface area contributed by atoms with E-state index in [1.54, 1.807) is 17.4 Å². The lowest BCUT2D eigenvalue weighted by Crippen LogP contribution is -2.12. The van der Waals surface area contributed by atoms with Crippen molar-refractivity contribution in [3.05, 3.63) is 40.7 Å². The highest BCUT2D eigenvalue weighted by atomic mass is 32.1. The molecular weight excluding hydrogens is 260 g/mol. The Kier molecular flexibility index (Phi) is 2.79. The lowest BCUT2D eigenvalue weighted by Gasteiger charge is -2.02. The van der Waals surface area contributed by atoms with Crippen LogP contribution in [0.25, 0.3) is 10.2 Å². The number of hydrogen-bond donors (Lipinski definition) is 2. The molecule has 3 aromatic rings. The molecule has 0 atom stereocenters. The van der Waals surface area contributed by atoms with E-state index in [1.807, 2.05) is 32.0 Å². The Bertz CT molecular complexity index is 759. The molecule has 2 aromatic heterocycles. The molecule has 96 valence electrons. The van der Waals surface area contributed by atoms with Crippen molar-refractivity contribution >= 4 is 33.1 Å². The third kappa shape index (κ3) is 2.34. The monoisotopic (exact) mass is 272 g/mol. The number of thiazole rings is 1. The maximum absolute atomic E-state index is 12.0. The van der Waals surface area contributed by atoms with Gasteiger partial charge in [0.15, 0.2) is 5.69 Å². The molecule has 19 heavy (non-hydrogen) atoms. The highest BCUT2D eigenvalue weighted by Gasteiger charge is 2.10. The summed E-state index contributed by atoms with van der Waals surface area (Å²) in [6.07, 6.45) is 0. The number of aryl methyl sites for hydroxylation is 2. The smallest absolute Gasteiger partial charge is 0.276 e. The second-order valence-corrected chi connectivity index (χ2v) is 5.54. The molecule has 1 amide bonds. The van der Waals surface area contributed by atoms with Crippen molar-refractivity contribution < 1.29 is 4.79 Å². The summed E-state index contributed by atoms with van der Waals surface area (Å²) in [6, 6.07) is 7.39. The summed E-state index contributed by atoms with van der Waals surface area (Å²) in [6.45, 7) is 3.82. The van der Waals surface area contributed by atoms with Gasteiger partial charge < -0.3 is 5.32 Å². The largest absolute Gasteiger partial charge is 0.321 e. The minimum absolute atomic E-state index is 0.218. The molecule has 5 nitrogen and oxygen atoms in total. The third-order valence-corrected chi connectivity index (χ3v) is 3.63. The Morgan fingerprint density at radius 3 is 2.89 bits per heavy atom. The summed E-state index contributed by atoms with van der Waals surface area (Å²) in [5.41, 5.74) is 2.95. The van der Waals surface area contributed by atoms with Gasteiger partial charge in [-0.1, -0.05) is 0 Å². The number of nitrogens with zero attached hydrogens (tertiary/aromatic N) is 2. The standard InChI is InChI=1S/C13H12N4OS/c1-7-5-11(17-16-7)13(18)15-9-3-4-10-12(6-9)19-8(2)14-10/h3-6H,1-2H3,(H,15,18)(H,16,17). The van der Waals surface area contributed by atoms with E-state index in [2.05, 4.69) is 20.5 Å². The number of aromatic nitrogens is 3. The van der Waals surface area contributed by atoms with Crippen molar-refractivity contribution in [2.24, 2.45) is 0 Å². The number of hydrogen-bond acceptors (Lipinski definition) is 4. The van der Waals surface area contributed by atoms with Crippen LogP contribution in [-0.2, 0) is 0 Å². The number of anilines is 1. The fourth-order valence-electron chi connectivity index (χ4n) is 1.85. The van der Waals surface area contributed by atoms with Gasteiger partial charge in [0.1, 0.15) is 0 Å². The molecule has 0 saturated carbocycles. The number of aromatic amines is 1. The maximum Gasteiger partial charge on any atom is 0.276 e. The molecule has 6 heteroatoms. The van der Waals surface area contributed by atoms with Crippen LogP contribution in [0.1, 0.15) is 21.2 Å². The van der Waals surface area contributed by atoms with Crippen LogP contribution in [0.5, 0.6) is 0 Å². The highest BCUT2D eigenvalue weighted by Crippen LogP contribution is 2.24. The predicted octanol–water partition coefficient (Wildman–Crippen LogP) is 2.89. The quantitative estimate of drug-likeness (QED) is 0.753. The summed E-state index contributed by atoms with van der Waals surface area (Å²) >= 11 is 1.61. The van der Waals surface area contributed by atoms with Gasteiger partial charge in [0.05, 0.1) is 15.2 Å². The van der Waals surface area contributed by atoms with Gasteiger partial charge in [0.25, 0.3) is 5.91 Å². The number of fused-ring (bicyclic) bond motifs is 1. The van der Waals surface area contributed by atoms with E-state index in [-0.39, 0.29) is 5.91 Å². The van der Waals surface area contributed by atoms with Crippen molar-refractivity contribution in [2.45, 2.75) is 13.8 Å². The normalized spacial score (nSPS) is 10.8. The van der Waals surface area contributed by atoms with Crippen molar-refractivity contribution in [3.8, 4) is 0 Å². The second kappa shape index (κ2) is 4.47. The third-order valence-electron chi connectivity index (χ3n) is 2.69. The van der Waals surface area contributed by atoms with Crippen molar-refractivity contribution in [1.29, 1.82) is 0 Å². The molecule has 0 aliphatic carbocycles. The Morgan fingerprint density at radius 1 is 1.32 bits per heavy atom. The van der Waals surface area contributed by atoms with Crippen LogP contribution < -0.4 is 5.32 Å². The van der Waals surface area contributed by atoms with Crippen molar-refractivity contribution in [2.75, 3.05) is 5.32 Å². The van der Waals surface area contributed by atoms with E-state index in [1.165, 1.54) is 0 Å². The zero-order chi connectivity index (χ0) is 13.4. The molecule has 2 N–H and O–H groups in total. The van der Waals surface area contributed by atoms with Crippen LogP contribution in [-0.4, -0.2) is 21.1 Å². The van der Waals surface area contributed by atoms with Gasteiger partial charge in [-0.15, -0.1) is 11.3 Å². The zero-order valence-corrected chi connectivity index (χ0v) is 11.3. The number of benzene rings is 1. The molecule has 0 unspecified atom stereocenters. The maximum atomic E-state index is 12.0. The van der Waals surface area contributed by atoms with Gasteiger partial charge in [-0.3, -0.25) is 9.89 Å². The number of carbonyl (C=O) groups excluding carboxylic acids is 1. The van der Waals surface area contributed by atoms with Gasteiger partial charge >= 0.3 is 0 Å². The van der Waals surface area contributed by atoms with Gasteiger partial charge in [-0.2, -0.15) is 5.10 Å². The minimum Gasteiger partial charge on any atom is -0.321 e. The molecule has 0 aliphatic rings. The SMILES string of the molecule is Cc1cc(C(=O)Nc2ccc3nc(C)sc3c2)n[nH]1. The summed E-state index contributed by atoms with van der Waals surface area (Å²) < 4.78 is 1.06. The minimum atomic E-state index is -0.218. The van der Waals surface area contributed by atoms with E-state index >= 15 is 0 Å². The van der Waals surface area contributed by atoms with Gasteiger partial charge in [-0.25, -0.2) is 4.98 Å². The molecule has 0 aliphatic heterocycles. The summed E-state index contributed by atoms with van der Waals surface area (Å²) in [4.78, 5) is 16.3. The zero-order valence-electron chi connectivity index (χ0n) is 10.5. The number of amides is 1. The van der Waals surface area contributed by atoms with E-state index in [4.69, 9.17) is 0 Å². The van der Waals surface area contributed by atoms with E-state index < -0.39 is 0 Å². The molecule has 0 bridgehead atoms. The van der Waals surface area contributed by atoms with Gasteiger partial charge in [0, 0.05) is 11.4 Å². The summed E-state index contributed by atoms with van der Waals surface area (Å²) in [5, 5.41) is 10.5. The number of H-pyrrole nitrogens is 1. The number of nitrogens with one attached hydrogen (secondary N) is 2. The molecule has 0 radical (unpaired) electrons. The van der Waals surface area contributed by atoms with Crippen LogP contribution >= 0.6 is 11.3 Å². The average molecular weight is 272 g/mol. The molecule has 2 heterocycles. The Labute approximate surface area is 113 Å². The van der Waals surface area contributed by atoms with E-state index in [0.717, 1.165) is 26.6 Å². The lowest BCUT2D eigenvalue weighted by atomic mass is 10.3. The molecule has 0 spiro atoms. The molecule has 1 aromatic carbocycles. The average Bonchev–Trinajstić information content (AvgIpc) is 2.93. The van der Waals surface area contributed by atoms with Gasteiger partial charge in [0.2, 0.25) is 0 Å². The first-order chi connectivity index (χ1) is 9.11. The Morgan fingerprint density at radius 2 is 2.16 bits per heavy atom. The highest BCUT2D eigenvalue weighted by molar-refractivity contribution is 7.18. The van der Waals surface area contributed by atoms with E-state index in [9.17, 15) is 4.79 Å². The lowest BCUT2D eigenvalue weighted by molar-refractivity contribution is 0.102. The van der Waals surface area contributed by atoms with Crippen LogP contribution in [0.15, 0.2) is 24.3 Å². The van der Waals surface area contributed by atoms with Crippen LogP contribution in [0, 0.1) is 13.8 Å². The topological polar surface area (TPSA) is 70.7 Å². The first-order valence-electron chi connectivity index (χ1n) is 5.82. The Balaban J connectivity index is 1.86. The van der Waals surface area contributed by atoms with Crippen LogP contribution in [0.2, 0.25) is 0 Å². The first kappa shape index (κ1) is 11.9. The van der Waals surface area contributed by atoms with Crippen LogP contribution in [0.3, 0.4) is 0 Å². The summed E-state index contributed by atoms with van der Waals surface area (Å²) in [5.74, 6) is -0.218. The Hall–Kier alpha value is -2.21. The van der Waals surface area contributed by atoms with Gasteiger partial charge in [-0.05, 0) is 38.1 Å².